The molecule has 2 N–H and O–H groups in total. The van der Waals surface area contributed by atoms with Crippen LogP contribution in [0.15, 0.2) is 71.6 Å². The predicted octanol–water partition coefficient (Wildman–Crippen LogP) is 3.72. The zero-order valence-electron chi connectivity index (χ0n) is 20.0. The Morgan fingerprint density at radius 3 is 2.14 bits per heavy atom. The van der Waals surface area contributed by atoms with Crippen LogP contribution in [0.5, 0.6) is 17.2 Å². The maximum absolute atomic E-state index is 13.5. The predicted molar refractivity (Wildman–Crippen MR) is 133 cm³/mol. The molecule has 0 unspecified atom stereocenters. The van der Waals surface area contributed by atoms with Crippen molar-refractivity contribution >= 4 is 15.9 Å². The number of carbonyl (C=O) groups excluding carboxylic acids is 1. The van der Waals surface area contributed by atoms with Gasteiger partial charge >= 0.3 is 0 Å². The Bertz CT molecular complexity index is 1300. The first-order valence-corrected chi connectivity index (χ1v) is 12.8. The lowest BCUT2D eigenvalue weighted by atomic mass is 10.1. The summed E-state index contributed by atoms with van der Waals surface area (Å²) in [5.74, 6) is -0.206. The number of nitrogens with one attached hydrogen (secondary N) is 1. The second-order valence-corrected chi connectivity index (χ2v) is 10.1. The number of rotatable bonds is 8. The Labute approximate surface area is 210 Å². The number of piperidine rings is 1. The van der Waals surface area contributed by atoms with Gasteiger partial charge in [-0.1, -0.05) is 42.5 Å². The first kappa shape index (κ1) is 25.5. The van der Waals surface area contributed by atoms with Crippen LogP contribution in [0.3, 0.4) is 0 Å². The molecule has 1 aliphatic heterocycles. The lowest BCUT2D eigenvalue weighted by Crippen LogP contribution is -2.42. The number of hydrogen-bond acceptors (Lipinski definition) is 7. The summed E-state index contributed by atoms with van der Waals surface area (Å²) in [6.07, 6.45) is 0.813. The topological polar surface area (TPSA) is 114 Å². The van der Waals surface area contributed by atoms with E-state index in [1.54, 1.807) is 0 Å². The summed E-state index contributed by atoms with van der Waals surface area (Å²) < 4.78 is 44.7. The molecular formula is C26H28N2O7S. The molecule has 9 nitrogen and oxygen atoms in total. The lowest BCUT2D eigenvalue weighted by Gasteiger charge is -2.32. The maximum atomic E-state index is 13.5. The number of hydroxylamine groups is 1. The van der Waals surface area contributed by atoms with Gasteiger partial charge in [-0.25, -0.2) is 13.9 Å². The zero-order chi connectivity index (χ0) is 25.7. The van der Waals surface area contributed by atoms with Gasteiger partial charge in [0.15, 0.2) is 11.5 Å². The Morgan fingerprint density at radius 2 is 1.56 bits per heavy atom. The fraction of sp³-hybridized carbons (Fsp3) is 0.269. The van der Waals surface area contributed by atoms with E-state index in [-0.39, 0.29) is 41.2 Å². The molecule has 190 valence electrons. The molecule has 0 spiro atoms. The van der Waals surface area contributed by atoms with E-state index in [1.807, 2.05) is 54.6 Å². The van der Waals surface area contributed by atoms with Crippen molar-refractivity contribution in [3.05, 3.63) is 72.3 Å². The summed E-state index contributed by atoms with van der Waals surface area (Å²) in [6.45, 7) is 0.424. The smallest absolute Gasteiger partial charge is 0.279 e. The molecule has 0 bridgehead atoms. The minimum atomic E-state index is -4.07. The Morgan fingerprint density at radius 1 is 0.917 bits per heavy atom. The molecular weight excluding hydrogens is 484 g/mol. The number of ether oxygens (including phenoxy) is 3. The third-order valence-electron chi connectivity index (χ3n) is 6.12. The number of carbonyl (C=O) groups is 1. The van der Waals surface area contributed by atoms with Crippen LogP contribution in [-0.2, 0) is 10.0 Å². The van der Waals surface area contributed by atoms with Crippen LogP contribution in [0.25, 0.3) is 11.1 Å². The second kappa shape index (κ2) is 11.0. The molecule has 1 aliphatic rings. The van der Waals surface area contributed by atoms with Crippen molar-refractivity contribution in [1.82, 2.24) is 9.79 Å². The lowest BCUT2D eigenvalue weighted by molar-refractivity contribution is 0.0698. The molecule has 3 aromatic carbocycles. The van der Waals surface area contributed by atoms with Gasteiger partial charge in [0, 0.05) is 13.1 Å². The Balaban J connectivity index is 1.47. The first-order chi connectivity index (χ1) is 17.4. The van der Waals surface area contributed by atoms with Gasteiger partial charge in [-0.05, 0) is 48.2 Å². The van der Waals surface area contributed by atoms with Gasteiger partial charge in [-0.3, -0.25) is 10.0 Å². The molecule has 36 heavy (non-hydrogen) atoms. The molecule has 0 aromatic heterocycles. The van der Waals surface area contributed by atoms with Crippen LogP contribution >= 0.6 is 0 Å². The van der Waals surface area contributed by atoms with Gasteiger partial charge in [0.1, 0.15) is 17.4 Å². The first-order valence-electron chi connectivity index (χ1n) is 11.4. The standard InChI is InChI=1S/C26H28N2O7S/c1-33-22-12-13-23(24(25(22)34-2)26(29)27-30)36(31,32)28-16-14-21(15-17-28)35-20-10-8-19(9-11-20)18-6-4-3-5-7-18/h3-13,21,30H,14-17H2,1-2H3,(H,27,29). The molecule has 0 atom stereocenters. The van der Waals surface area contributed by atoms with Crippen LogP contribution < -0.4 is 19.7 Å². The number of sulfonamides is 1. The number of nitrogens with zero attached hydrogens (tertiary/aromatic N) is 1. The normalized spacial score (nSPS) is 14.8. The number of amides is 1. The molecule has 3 aromatic rings. The van der Waals surface area contributed by atoms with Crippen LogP contribution in [0.1, 0.15) is 23.2 Å². The van der Waals surface area contributed by atoms with E-state index in [0.717, 1.165) is 16.9 Å². The molecule has 1 saturated heterocycles. The fourth-order valence-corrected chi connectivity index (χ4v) is 5.93. The molecule has 1 heterocycles. The highest BCUT2D eigenvalue weighted by Crippen LogP contribution is 2.37. The van der Waals surface area contributed by atoms with E-state index in [9.17, 15) is 18.4 Å². The maximum Gasteiger partial charge on any atom is 0.279 e. The average molecular weight is 513 g/mol. The van der Waals surface area contributed by atoms with Crippen molar-refractivity contribution in [2.45, 2.75) is 23.8 Å². The number of hydrogen-bond donors (Lipinski definition) is 2. The van der Waals surface area contributed by atoms with E-state index in [1.165, 1.54) is 36.1 Å². The number of methoxy groups -OCH3 is 2. The highest BCUT2D eigenvalue weighted by Gasteiger charge is 2.35. The van der Waals surface area contributed by atoms with Crippen molar-refractivity contribution in [2.24, 2.45) is 0 Å². The summed E-state index contributed by atoms with van der Waals surface area (Å²) >= 11 is 0. The van der Waals surface area contributed by atoms with E-state index in [0.29, 0.717) is 12.8 Å². The molecule has 0 aliphatic carbocycles. The minimum absolute atomic E-state index is 0.0812. The Kier molecular flexibility index (Phi) is 7.78. The van der Waals surface area contributed by atoms with Crippen molar-refractivity contribution in [1.29, 1.82) is 0 Å². The summed E-state index contributed by atoms with van der Waals surface area (Å²) in [5.41, 5.74) is 3.37. The van der Waals surface area contributed by atoms with Crippen molar-refractivity contribution < 1.29 is 32.6 Å². The van der Waals surface area contributed by atoms with E-state index in [4.69, 9.17) is 14.2 Å². The van der Waals surface area contributed by atoms with Crippen LogP contribution in [0, 0.1) is 0 Å². The van der Waals surface area contributed by atoms with Crippen molar-refractivity contribution in [2.75, 3.05) is 27.3 Å². The van der Waals surface area contributed by atoms with Gasteiger partial charge in [0.05, 0.1) is 19.1 Å². The van der Waals surface area contributed by atoms with Crippen LogP contribution in [0.2, 0.25) is 0 Å². The average Bonchev–Trinajstić information content (AvgIpc) is 2.92. The molecule has 4 rings (SSSR count). The van der Waals surface area contributed by atoms with Crippen LogP contribution in [-0.4, -0.2) is 57.3 Å². The highest BCUT2D eigenvalue weighted by molar-refractivity contribution is 7.89. The fourth-order valence-electron chi connectivity index (χ4n) is 4.27. The Hall–Kier alpha value is -3.60. The SMILES string of the molecule is COc1ccc(S(=O)(=O)N2CCC(Oc3ccc(-c4ccccc4)cc3)CC2)c(C(=O)NO)c1OC. The highest BCUT2D eigenvalue weighted by atomic mass is 32.2. The minimum Gasteiger partial charge on any atom is -0.493 e. The molecule has 0 radical (unpaired) electrons. The summed E-state index contributed by atoms with van der Waals surface area (Å²) in [4.78, 5) is 12.1. The van der Waals surface area contributed by atoms with Crippen molar-refractivity contribution in [3.8, 4) is 28.4 Å². The third-order valence-corrected chi connectivity index (χ3v) is 8.06. The largest absolute Gasteiger partial charge is 0.493 e. The number of benzene rings is 3. The summed E-state index contributed by atoms with van der Waals surface area (Å²) in [7, 11) is -1.41. The van der Waals surface area contributed by atoms with Gasteiger partial charge in [0.25, 0.3) is 5.91 Å². The van der Waals surface area contributed by atoms with Crippen LogP contribution in [0.4, 0.5) is 0 Å². The third kappa shape index (κ3) is 5.15. The summed E-state index contributed by atoms with van der Waals surface area (Å²) in [6, 6.07) is 20.5. The zero-order valence-corrected chi connectivity index (χ0v) is 20.8. The molecule has 10 heteroatoms. The molecule has 1 fully saturated rings. The quantitative estimate of drug-likeness (QED) is 0.349. The molecule has 1 amide bonds. The van der Waals surface area contributed by atoms with Gasteiger partial charge in [-0.2, -0.15) is 4.31 Å². The van der Waals surface area contributed by atoms with Crippen molar-refractivity contribution in [3.63, 3.8) is 0 Å². The van der Waals surface area contributed by atoms with Gasteiger partial charge in [-0.15, -0.1) is 0 Å². The second-order valence-electron chi connectivity index (χ2n) is 8.23. The van der Waals surface area contributed by atoms with E-state index >= 15 is 0 Å². The summed E-state index contributed by atoms with van der Waals surface area (Å²) in [5, 5.41) is 9.21. The monoisotopic (exact) mass is 512 g/mol. The van der Waals surface area contributed by atoms with Gasteiger partial charge < -0.3 is 14.2 Å². The molecule has 0 saturated carbocycles. The van der Waals surface area contributed by atoms with E-state index in [2.05, 4.69) is 0 Å². The van der Waals surface area contributed by atoms with Gasteiger partial charge in [0.2, 0.25) is 10.0 Å². The van der Waals surface area contributed by atoms with E-state index < -0.39 is 15.9 Å².